The van der Waals surface area contributed by atoms with Crippen LogP contribution in [-0.4, -0.2) is 48.6 Å². The summed E-state index contributed by atoms with van der Waals surface area (Å²) in [5, 5.41) is 1.07. The Labute approximate surface area is 173 Å². The smallest absolute Gasteiger partial charge is 0.338 e. The summed E-state index contributed by atoms with van der Waals surface area (Å²) < 4.78 is 11.5. The van der Waals surface area contributed by atoms with E-state index in [1.807, 2.05) is 18.2 Å². The molecule has 29 heavy (non-hydrogen) atoms. The second kappa shape index (κ2) is 8.61. The summed E-state index contributed by atoms with van der Waals surface area (Å²) in [6.07, 6.45) is 1.92. The summed E-state index contributed by atoms with van der Waals surface area (Å²) in [7, 11) is 1.56. The molecular formula is C22H22N2O4S. The predicted octanol–water partition coefficient (Wildman–Crippen LogP) is 3.87. The molecule has 2 aromatic carbocycles. The van der Waals surface area contributed by atoms with Crippen LogP contribution in [0.2, 0.25) is 0 Å². The van der Waals surface area contributed by atoms with Gasteiger partial charge in [0.05, 0.1) is 27.9 Å². The Bertz CT molecular complexity index is 982. The molecule has 7 heteroatoms. The van der Waals surface area contributed by atoms with Gasteiger partial charge in [0, 0.05) is 19.0 Å². The Kier molecular flexibility index (Phi) is 5.76. The molecule has 1 fully saturated rings. The molecule has 1 aromatic heterocycles. The summed E-state index contributed by atoms with van der Waals surface area (Å²) in [4.78, 5) is 31.3. The van der Waals surface area contributed by atoms with Crippen molar-refractivity contribution in [1.29, 1.82) is 0 Å². The molecule has 1 atom stereocenters. The monoisotopic (exact) mass is 410 g/mol. The lowest BCUT2D eigenvalue weighted by atomic mass is 9.99. The van der Waals surface area contributed by atoms with Crippen LogP contribution in [0.4, 0.5) is 0 Å². The van der Waals surface area contributed by atoms with Crippen molar-refractivity contribution in [2.24, 2.45) is 0 Å². The molecule has 6 nitrogen and oxygen atoms in total. The lowest BCUT2D eigenvalue weighted by molar-refractivity contribution is -0.135. The molecule has 0 radical (unpaired) electrons. The average molecular weight is 410 g/mol. The largest absolute Gasteiger partial charge is 0.497 e. The minimum atomic E-state index is -0.513. The fourth-order valence-corrected chi connectivity index (χ4v) is 4.59. The van der Waals surface area contributed by atoms with Crippen LogP contribution in [0.3, 0.4) is 0 Å². The zero-order valence-corrected chi connectivity index (χ0v) is 17.0. The molecule has 0 spiro atoms. The number of esters is 1. The number of benzene rings is 2. The number of nitrogens with zero attached hydrogens (tertiary/aromatic N) is 2. The van der Waals surface area contributed by atoms with Gasteiger partial charge in [-0.3, -0.25) is 4.79 Å². The van der Waals surface area contributed by atoms with Crippen molar-refractivity contribution in [2.45, 2.75) is 18.8 Å². The molecule has 0 unspecified atom stereocenters. The van der Waals surface area contributed by atoms with E-state index in [1.54, 1.807) is 47.6 Å². The number of likely N-dealkylation sites (tertiary alicyclic amines) is 1. The molecule has 150 valence electrons. The molecule has 1 saturated heterocycles. The van der Waals surface area contributed by atoms with Gasteiger partial charge < -0.3 is 14.4 Å². The molecule has 2 heterocycles. The first-order chi connectivity index (χ1) is 14.1. The third kappa shape index (κ3) is 4.40. The number of carbonyl (C=O) groups is 2. The number of thiazole rings is 1. The van der Waals surface area contributed by atoms with E-state index in [2.05, 4.69) is 6.07 Å². The summed E-state index contributed by atoms with van der Waals surface area (Å²) in [5.41, 5.74) is 1.40. The molecule has 3 aromatic rings. The highest BCUT2D eigenvalue weighted by atomic mass is 32.1. The van der Waals surface area contributed by atoms with Crippen LogP contribution >= 0.6 is 11.3 Å². The van der Waals surface area contributed by atoms with Crippen LogP contribution in [0.25, 0.3) is 10.2 Å². The summed E-state index contributed by atoms with van der Waals surface area (Å²) in [6.45, 7) is 1.04. The van der Waals surface area contributed by atoms with Crippen LogP contribution < -0.4 is 4.74 Å². The topological polar surface area (TPSA) is 68.7 Å². The second-order valence-corrected chi connectivity index (χ2v) is 8.07. The Morgan fingerprint density at radius 1 is 1.17 bits per heavy atom. The van der Waals surface area contributed by atoms with E-state index >= 15 is 0 Å². The number of para-hydroxylation sites is 1. The Balaban J connectivity index is 1.35. The number of hydrogen-bond acceptors (Lipinski definition) is 6. The Morgan fingerprint density at radius 2 is 1.97 bits per heavy atom. The first-order valence-electron chi connectivity index (χ1n) is 9.58. The molecule has 1 aliphatic heterocycles. The fraction of sp³-hybridized carbons (Fsp3) is 0.318. The van der Waals surface area contributed by atoms with E-state index < -0.39 is 5.97 Å². The van der Waals surface area contributed by atoms with E-state index in [1.165, 1.54) is 4.70 Å². The van der Waals surface area contributed by atoms with Crippen molar-refractivity contribution in [2.75, 3.05) is 26.8 Å². The Morgan fingerprint density at radius 3 is 2.72 bits per heavy atom. The standard InChI is InChI=1S/C22H22N2O4S/c1-27-17-10-8-15(9-11-17)22(26)28-14-20(25)24-12-4-5-16(13-24)21-23-18-6-2-3-7-19(18)29-21/h2-3,6-11,16H,4-5,12-14H2,1H3/t16-/m0/s1. The third-order valence-electron chi connectivity index (χ3n) is 5.09. The SMILES string of the molecule is COc1ccc(C(=O)OCC(=O)N2CCC[C@H](c3nc4ccccc4s3)C2)cc1. The average Bonchev–Trinajstić information content (AvgIpc) is 3.22. The van der Waals surface area contributed by atoms with Gasteiger partial charge in [-0.2, -0.15) is 0 Å². The highest BCUT2D eigenvalue weighted by Crippen LogP contribution is 2.33. The molecule has 0 bridgehead atoms. The van der Waals surface area contributed by atoms with Crippen LogP contribution in [0.15, 0.2) is 48.5 Å². The van der Waals surface area contributed by atoms with Gasteiger partial charge in [-0.15, -0.1) is 11.3 Å². The summed E-state index contributed by atoms with van der Waals surface area (Å²) >= 11 is 1.69. The quantitative estimate of drug-likeness (QED) is 0.598. The zero-order valence-electron chi connectivity index (χ0n) is 16.2. The molecular weight excluding hydrogens is 388 g/mol. The number of fused-ring (bicyclic) bond motifs is 1. The molecule has 0 aliphatic carbocycles. The predicted molar refractivity (Wildman–Crippen MR) is 111 cm³/mol. The lowest BCUT2D eigenvalue weighted by Gasteiger charge is -2.31. The third-order valence-corrected chi connectivity index (χ3v) is 6.29. The van der Waals surface area contributed by atoms with Gasteiger partial charge in [-0.1, -0.05) is 12.1 Å². The fourth-order valence-electron chi connectivity index (χ4n) is 3.50. The Hall–Kier alpha value is -2.93. The number of piperidine rings is 1. The van der Waals surface area contributed by atoms with Crippen LogP contribution in [0.5, 0.6) is 5.75 Å². The number of ether oxygens (including phenoxy) is 2. The van der Waals surface area contributed by atoms with E-state index in [0.717, 1.165) is 23.4 Å². The van der Waals surface area contributed by atoms with Crippen LogP contribution in [-0.2, 0) is 9.53 Å². The summed E-state index contributed by atoms with van der Waals surface area (Å²) in [5.74, 6) is 0.202. The second-order valence-electron chi connectivity index (χ2n) is 7.00. The van der Waals surface area contributed by atoms with Gasteiger partial charge in [-0.25, -0.2) is 9.78 Å². The number of aromatic nitrogens is 1. The maximum atomic E-state index is 12.6. The van der Waals surface area contributed by atoms with Gasteiger partial charge in [0.15, 0.2) is 6.61 Å². The molecule has 4 rings (SSSR count). The van der Waals surface area contributed by atoms with Gasteiger partial charge in [0.2, 0.25) is 0 Å². The zero-order chi connectivity index (χ0) is 20.2. The molecule has 1 aliphatic rings. The van der Waals surface area contributed by atoms with Crippen LogP contribution in [0.1, 0.15) is 34.1 Å². The lowest BCUT2D eigenvalue weighted by Crippen LogP contribution is -2.41. The number of carbonyl (C=O) groups excluding carboxylic acids is 2. The van der Waals surface area contributed by atoms with Crippen molar-refractivity contribution < 1.29 is 19.1 Å². The molecule has 0 N–H and O–H groups in total. The molecule has 0 saturated carbocycles. The normalized spacial score (nSPS) is 16.6. The minimum absolute atomic E-state index is 0.169. The van der Waals surface area contributed by atoms with Crippen molar-refractivity contribution in [3.05, 3.63) is 59.1 Å². The van der Waals surface area contributed by atoms with E-state index in [4.69, 9.17) is 14.5 Å². The van der Waals surface area contributed by atoms with E-state index in [9.17, 15) is 9.59 Å². The van der Waals surface area contributed by atoms with Crippen molar-refractivity contribution in [3.8, 4) is 5.75 Å². The number of methoxy groups -OCH3 is 1. The summed E-state index contributed by atoms with van der Waals surface area (Å²) in [6, 6.07) is 14.7. The van der Waals surface area contributed by atoms with Crippen LogP contribution in [0, 0.1) is 0 Å². The first kappa shape index (κ1) is 19.4. The highest BCUT2D eigenvalue weighted by molar-refractivity contribution is 7.18. The molecule has 1 amide bonds. The van der Waals surface area contributed by atoms with E-state index in [0.29, 0.717) is 24.4 Å². The first-order valence-corrected chi connectivity index (χ1v) is 10.4. The minimum Gasteiger partial charge on any atom is -0.497 e. The van der Waals surface area contributed by atoms with Gasteiger partial charge in [0.1, 0.15) is 5.75 Å². The van der Waals surface area contributed by atoms with Crippen molar-refractivity contribution in [3.63, 3.8) is 0 Å². The number of hydrogen-bond donors (Lipinski definition) is 0. The van der Waals surface area contributed by atoms with Gasteiger partial charge in [-0.05, 0) is 49.2 Å². The van der Waals surface area contributed by atoms with Crippen molar-refractivity contribution >= 4 is 33.4 Å². The van der Waals surface area contributed by atoms with E-state index in [-0.39, 0.29) is 18.4 Å². The number of rotatable bonds is 5. The van der Waals surface area contributed by atoms with Gasteiger partial charge in [0.25, 0.3) is 5.91 Å². The highest BCUT2D eigenvalue weighted by Gasteiger charge is 2.27. The number of amides is 1. The maximum Gasteiger partial charge on any atom is 0.338 e. The van der Waals surface area contributed by atoms with Crippen molar-refractivity contribution in [1.82, 2.24) is 9.88 Å². The van der Waals surface area contributed by atoms with Gasteiger partial charge >= 0.3 is 5.97 Å². The maximum absolute atomic E-state index is 12.6.